The summed E-state index contributed by atoms with van der Waals surface area (Å²) in [5, 5.41) is 11.1. The molecule has 0 aromatic carbocycles. The van der Waals surface area contributed by atoms with Gasteiger partial charge in [-0.25, -0.2) is 0 Å². The van der Waals surface area contributed by atoms with Gasteiger partial charge in [0.05, 0.1) is 24.2 Å². The average Bonchev–Trinajstić information content (AvgIpc) is 3.50. The van der Waals surface area contributed by atoms with Crippen LogP contribution in [0, 0.1) is 57.7 Å². The van der Waals surface area contributed by atoms with Crippen molar-refractivity contribution in [1.29, 1.82) is 0 Å². The first-order valence-corrected chi connectivity index (χ1v) is 13.9. The zero-order valence-electron chi connectivity index (χ0n) is 21.9. The van der Waals surface area contributed by atoms with Crippen LogP contribution in [0.15, 0.2) is 11.6 Å². The summed E-state index contributed by atoms with van der Waals surface area (Å²) in [6, 6.07) is 0. The molecule has 2 aliphatic heterocycles. The predicted octanol–water partition coefficient (Wildman–Crippen LogP) is 4.71. The van der Waals surface area contributed by atoms with Gasteiger partial charge >= 0.3 is 5.97 Å². The quantitative estimate of drug-likeness (QED) is 0.432. The number of aldehydes is 1. The minimum atomic E-state index is -1.19. The summed E-state index contributed by atoms with van der Waals surface area (Å²) in [5.74, 6) is 1.18. The van der Waals surface area contributed by atoms with E-state index in [4.69, 9.17) is 14.2 Å². The van der Waals surface area contributed by atoms with E-state index in [0.29, 0.717) is 43.1 Å². The van der Waals surface area contributed by atoms with Gasteiger partial charge in [-0.3, -0.25) is 4.79 Å². The maximum Gasteiger partial charge on any atom is 0.315 e. The molecule has 1 unspecified atom stereocenters. The molecule has 35 heavy (non-hydrogen) atoms. The Morgan fingerprint density at radius 3 is 2.69 bits per heavy atom. The van der Waals surface area contributed by atoms with Crippen LogP contribution in [0.1, 0.15) is 66.7 Å². The van der Waals surface area contributed by atoms with Gasteiger partial charge in [0.15, 0.2) is 6.29 Å². The van der Waals surface area contributed by atoms with Crippen LogP contribution in [0.5, 0.6) is 0 Å². The molecule has 3 saturated carbocycles. The van der Waals surface area contributed by atoms with Crippen molar-refractivity contribution in [3.63, 3.8) is 0 Å². The zero-order chi connectivity index (χ0) is 24.9. The van der Waals surface area contributed by atoms with E-state index in [0.717, 1.165) is 37.7 Å². The summed E-state index contributed by atoms with van der Waals surface area (Å²) < 4.78 is 19.0. The third-order valence-electron chi connectivity index (χ3n) is 11.6. The van der Waals surface area contributed by atoms with Crippen LogP contribution in [0.25, 0.3) is 0 Å². The Labute approximate surface area is 209 Å². The first-order chi connectivity index (χ1) is 16.6. The highest BCUT2D eigenvalue weighted by Gasteiger charge is 2.84. The van der Waals surface area contributed by atoms with E-state index >= 15 is 0 Å². The highest BCUT2D eigenvalue weighted by Crippen LogP contribution is 2.82. The van der Waals surface area contributed by atoms with Gasteiger partial charge in [-0.15, -0.1) is 0 Å². The number of fused-ring (bicyclic) bond motifs is 3. The number of carboxylic acids is 1. The predicted molar refractivity (Wildman–Crippen MR) is 129 cm³/mol. The molecule has 194 valence electrons. The highest BCUT2D eigenvalue weighted by atomic mass is 16.7. The second kappa shape index (κ2) is 7.88. The van der Waals surface area contributed by atoms with Gasteiger partial charge in [-0.2, -0.15) is 0 Å². The lowest BCUT2D eigenvalue weighted by Crippen LogP contribution is -2.63. The molecule has 0 radical (unpaired) electrons. The largest absolute Gasteiger partial charge is 0.481 e. The minimum absolute atomic E-state index is 0.0477. The molecular weight excluding hydrogens is 444 g/mol. The van der Waals surface area contributed by atoms with Crippen LogP contribution < -0.4 is 0 Å². The standard InChI is InChI=1S/C29H42O6/c1-15(2)22-8-19-10-27(13-30)21-7-6-16(3)20(21)11-28(19,29(22,27)26(31)32)14-34-24-9-23-25(18(5)35-24)17(4)12-33-23/h8,13,15-21,23-25H,6-7,9-12,14H2,1-5H3,(H,31,32)/t16-,17-,18-,19+,20-,21-,23+,24?,25-,27+,28+,29+/m1/s1. The molecule has 12 atom stereocenters. The fourth-order valence-electron chi connectivity index (χ4n) is 10.4. The Morgan fingerprint density at radius 1 is 1.23 bits per heavy atom. The maximum atomic E-state index is 13.5. The number of allylic oxidation sites excluding steroid dienone is 1. The number of ether oxygens (including phenoxy) is 3. The van der Waals surface area contributed by atoms with Gasteiger partial charge in [0.2, 0.25) is 0 Å². The van der Waals surface area contributed by atoms with Crippen LogP contribution in [0.4, 0.5) is 0 Å². The number of carbonyl (C=O) groups is 2. The Morgan fingerprint density at radius 2 is 2.00 bits per heavy atom. The van der Waals surface area contributed by atoms with Crippen molar-refractivity contribution in [3.05, 3.63) is 11.6 Å². The molecule has 6 rings (SSSR count). The van der Waals surface area contributed by atoms with Crippen molar-refractivity contribution in [3.8, 4) is 0 Å². The second-order valence-electron chi connectivity index (χ2n) is 13.2. The summed E-state index contributed by atoms with van der Waals surface area (Å²) in [5.41, 5.74) is -1.68. The first kappa shape index (κ1) is 24.1. The van der Waals surface area contributed by atoms with Crippen molar-refractivity contribution >= 4 is 12.3 Å². The van der Waals surface area contributed by atoms with Crippen LogP contribution in [-0.2, 0) is 23.8 Å². The van der Waals surface area contributed by atoms with Gasteiger partial charge in [0.1, 0.15) is 11.7 Å². The summed E-state index contributed by atoms with van der Waals surface area (Å²) in [4.78, 5) is 26.7. The van der Waals surface area contributed by atoms with Crippen LogP contribution >= 0.6 is 0 Å². The molecule has 2 heterocycles. The Balaban J connectivity index is 1.38. The lowest BCUT2D eigenvalue weighted by atomic mass is 9.43. The van der Waals surface area contributed by atoms with Gasteiger partial charge < -0.3 is 24.1 Å². The van der Waals surface area contributed by atoms with Crippen molar-refractivity contribution in [2.45, 2.75) is 85.2 Å². The molecule has 6 aliphatic rings. The van der Waals surface area contributed by atoms with E-state index in [1.807, 2.05) is 0 Å². The number of rotatable bonds is 6. The molecule has 6 nitrogen and oxygen atoms in total. The lowest BCUT2D eigenvalue weighted by Gasteiger charge is -2.58. The summed E-state index contributed by atoms with van der Waals surface area (Å²) in [7, 11) is 0. The number of hydrogen-bond donors (Lipinski definition) is 1. The van der Waals surface area contributed by atoms with Crippen molar-refractivity contribution in [1.82, 2.24) is 0 Å². The molecule has 5 fully saturated rings. The highest BCUT2D eigenvalue weighted by molar-refractivity contribution is 5.90. The molecular formula is C29H42O6. The summed E-state index contributed by atoms with van der Waals surface area (Å²) >= 11 is 0. The van der Waals surface area contributed by atoms with Gasteiger partial charge in [0, 0.05) is 24.4 Å². The van der Waals surface area contributed by atoms with E-state index in [-0.39, 0.29) is 30.0 Å². The number of hydrogen-bond acceptors (Lipinski definition) is 5. The lowest BCUT2D eigenvalue weighted by molar-refractivity contribution is -0.249. The van der Waals surface area contributed by atoms with E-state index in [2.05, 4.69) is 40.7 Å². The third kappa shape index (κ3) is 2.77. The molecule has 0 aromatic heterocycles. The van der Waals surface area contributed by atoms with E-state index in [1.54, 1.807) is 0 Å². The molecule has 0 amide bonds. The van der Waals surface area contributed by atoms with Gasteiger partial charge in [-0.05, 0) is 61.7 Å². The zero-order valence-corrected chi connectivity index (χ0v) is 21.9. The van der Waals surface area contributed by atoms with Crippen LogP contribution in [-0.4, -0.2) is 49.1 Å². The molecule has 0 spiro atoms. The minimum Gasteiger partial charge on any atom is -0.481 e. The molecule has 2 saturated heterocycles. The van der Waals surface area contributed by atoms with Crippen molar-refractivity contribution in [2.75, 3.05) is 13.2 Å². The van der Waals surface area contributed by atoms with Crippen LogP contribution in [0.3, 0.4) is 0 Å². The van der Waals surface area contributed by atoms with Crippen molar-refractivity contribution in [2.24, 2.45) is 57.7 Å². The molecule has 6 heteroatoms. The van der Waals surface area contributed by atoms with Gasteiger partial charge in [0.25, 0.3) is 0 Å². The topological polar surface area (TPSA) is 82.1 Å². The molecule has 1 N–H and O–H groups in total. The summed E-state index contributed by atoms with van der Waals surface area (Å²) in [6.45, 7) is 11.9. The Hall–Kier alpha value is -1.24. The van der Waals surface area contributed by atoms with E-state index in [9.17, 15) is 14.7 Å². The maximum absolute atomic E-state index is 13.5. The van der Waals surface area contributed by atoms with E-state index in [1.165, 1.54) is 0 Å². The van der Waals surface area contributed by atoms with Crippen LogP contribution in [0.2, 0.25) is 0 Å². The smallest absolute Gasteiger partial charge is 0.315 e. The molecule has 4 aliphatic carbocycles. The number of aliphatic carboxylic acids is 1. The fraction of sp³-hybridized carbons (Fsp3) is 0.862. The first-order valence-electron chi connectivity index (χ1n) is 13.9. The number of carboxylic acid groups (broad SMARTS) is 1. The molecule has 4 bridgehead atoms. The summed E-state index contributed by atoms with van der Waals surface area (Å²) in [6.07, 6.45) is 7.27. The monoisotopic (exact) mass is 486 g/mol. The SMILES string of the molecule is CC(C)C1=C[C@H]2C[C@]3(C=O)[C@@H]4CC[C@@H](C)[C@H]4C[C@@]2(COC2C[C@@H]4OC[C@@H](C)[C@@H]4[C@@H](C)O2)[C@]13C(=O)O. The van der Waals surface area contributed by atoms with Gasteiger partial charge in [-0.1, -0.05) is 45.8 Å². The Kier molecular flexibility index (Phi) is 5.43. The second-order valence-corrected chi connectivity index (χ2v) is 13.2. The Bertz CT molecular complexity index is 943. The van der Waals surface area contributed by atoms with E-state index < -0.39 is 28.5 Å². The normalized spacial score (nSPS) is 54.0. The number of carbonyl (C=O) groups excluding carboxylic acids is 1. The third-order valence-corrected chi connectivity index (χ3v) is 11.6. The fourth-order valence-corrected chi connectivity index (χ4v) is 10.4. The molecule has 0 aromatic rings. The van der Waals surface area contributed by atoms with Crippen molar-refractivity contribution < 1.29 is 28.9 Å². The average molecular weight is 487 g/mol.